The van der Waals surface area contributed by atoms with Crippen molar-refractivity contribution in [3.8, 4) is 0 Å². The van der Waals surface area contributed by atoms with Crippen molar-refractivity contribution in [2.24, 2.45) is 0 Å². The van der Waals surface area contributed by atoms with Gasteiger partial charge in [-0.15, -0.1) is 11.6 Å². The molecule has 0 unspecified atom stereocenters. The molecule has 1 amide bonds. The third-order valence-corrected chi connectivity index (χ3v) is 3.50. The van der Waals surface area contributed by atoms with Crippen molar-refractivity contribution in [1.82, 2.24) is 5.32 Å². The number of amides is 1. The van der Waals surface area contributed by atoms with E-state index >= 15 is 0 Å². The molecule has 0 aromatic heterocycles. The van der Waals surface area contributed by atoms with Gasteiger partial charge in [0.15, 0.2) is 5.78 Å². The van der Waals surface area contributed by atoms with Gasteiger partial charge in [-0.05, 0) is 37.8 Å². The maximum absolute atomic E-state index is 12.4. The summed E-state index contributed by atoms with van der Waals surface area (Å²) < 4.78 is 0. The van der Waals surface area contributed by atoms with E-state index in [9.17, 15) is 9.59 Å². The maximum Gasteiger partial charge on any atom is 0.255 e. The van der Waals surface area contributed by atoms with Crippen LogP contribution in [0.3, 0.4) is 0 Å². The summed E-state index contributed by atoms with van der Waals surface area (Å²) in [6, 6.07) is 7.37. The Morgan fingerprint density at radius 2 is 1.90 bits per heavy atom. The van der Waals surface area contributed by atoms with Crippen LogP contribution in [0.4, 0.5) is 0 Å². The summed E-state index contributed by atoms with van der Waals surface area (Å²) in [5, 5.41) is 2.81. The minimum Gasteiger partial charge on any atom is -0.350 e. The quantitative estimate of drug-likeness (QED) is 0.669. The first-order valence-electron chi connectivity index (χ1n) is 6.80. The van der Waals surface area contributed by atoms with Crippen LogP contribution >= 0.6 is 11.6 Å². The van der Waals surface area contributed by atoms with E-state index in [0.717, 1.165) is 17.6 Å². The SMILES string of the molecule is CC(C)NC(=O)C1=C(CCCCl)c2ccccc2C1=O. The zero-order chi connectivity index (χ0) is 14.7. The van der Waals surface area contributed by atoms with Crippen LogP contribution in [0.2, 0.25) is 0 Å². The van der Waals surface area contributed by atoms with Gasteiger partial charge >= 0.3 is 0 Å². The second-order valence-electron chi connectivity index (χ2n) is 5.15. The number of alkyl halides is 1. The molecular weight excluding hydrogens is 274 g/mol. The van der Waals surface area contributed by atoms with E-state index in [1.807, 2.05) is 32.0 Å². The van der Waals surface area contributed by atoms with Gasteiger partial charge in [-0.1, -0.05) is 24.3 Å². The van der Waals surface area contributed by atoms with Gasteiger partial charge in [-0.3, -0.25) is 9.59 Å². The van der Waals surface area contributed by atoms with E-state index < -0.39 is 0 Å². The first-order chi connectivity index (χ1) is 9.56. The molecule has 1 aliphatic rings. The summed E-state index contributed by atoms with van der Waals surface area (Å²) in [5.74, 6) is 0.0490. The highest BCUT2D eigenvalue weighted by molar-refractivity contribution is 6.34. The molecular formula is C16H18ClNO2. The van der Waals surface area contributed by atoms with Crippen molar-refractivity contribution in [3.63, 3.8) is 0 Å². The number of hydrogen-bond donors (Lipinski definition) is 1. The molecule has 0 atom stereocenters. The number of hydrogen-bond acceptors (Lipinski definition) is 2. The molecule has 0 heterocycles. The topological polar surface area (TPSA) is 46.2 Å². The molecule has 0 aliphatic heterocycles. The van der Waals surface area contributed by atoms with E-state index in [-0.39, 0.29) is 23.3 Å². The van der Waals surface area contributed by atoms with Crippen molar-refractivity contribution >= 4 is 28.9 Å². The van der Waals surface area contributed by atoms with E-state index in [4.69, 9.17) is 11.6 Å². The lowest BCUT2D eigenvalue weighted by Crippen LogP contribution is -2.33. The number of halogens is 1. The minimum absolute atomic E-state index is 0.000731. The lowest BCUT2D eigenvalue weighted by Gasteiger charge is -2.10. The molecule has 0 saturated carbocycles. The number of benzene rings is 1. The van der Waals surface area contributed by atoms with Gasteiger partial charge in [0.2, 0.25) is 0 Å². The van der Waals surface area contributed by atoms with Crippen LogP contribution in [0.25, 0.3) is 5.57 Å². The fourth-order valence-corrected chi connectivity index (χ4v) is 2.56. The van der Waals surface area contributed by atoms with Crippen molar-refractivity contribution in [2.75, 3.05) is 5.88 Å². The van der Waals surface area contributed by atoms with E-state index in [1.54, 1.807) is 6.07 Å². The standard InChI is InChI=1S/C16H18ClNO2/c1-10(2)18-16(20)14-12(8-5-9-17)11-6-3-4-7-13(11)15(14)19/h3-4,6-7,10H,5,8-9H2,1-2H3,(H,18,20). The fourth-order valence-electron chi connectivity index (χ4n) is 2.43. The summed E-state index contributed by atoms with van der Waals surface area (Å²) in [6.45, 7) is 3.76. The third kappa shape index (κ3) is 2.78. The first-order valence-corrected chi connectivity index (χ1v) is 7.33. The first kappa shape index (κ1) is 14.8. The zero-order valence-corrected chi connectivity index (χ0v) is 12.5. The number of carbonyl (C=O) groups excluding carboxylic acids is 2. The van der Waals surface area contributed by atoms with E-state index in [0.29, 0.717) is 17.9 Å². The van der Waals surface area contributed by atoms with Crippen LogP contribution < -0.4 is 5.32 Å². The largest absolute Gasteiger partial charge is 0.350 e. The van der Waals surface area contributed by atoms with Crippen LogP contribution in [0.1, 0.15) is 42.6 Å². The average Bonchev–Trinajstić information content (AvgIpc) is 2.69. The Hall–Kier alpha value is -1.61. The molecule has 1 aromatic rings. The Morgan fingerprint density at radius 1 is 1.25 bits per heavy atom. The van der Waals surface area contributed by atoms with Crippen molar-refractivity contribution in [2.45, 2.75) is 32.7 Å². The molecule has 2 rings (SSSR count). The van der Waals surface area contributed by atoms with Crippen molar-refractivity contribution < 1.29 is 9.59 Å². The lowest BCUT2D eigenvalue weighted by atomic mass is 10.0. The van der Waals surface area contributed by atoms with Crippen molar-refractivity contribution in [1.29, 1.82) is 0 Å². The molecule has 20 heavy (non-hydrogen) atoms. The van der Waals surface area contributed by atoms with Crippen LogP contribution in [-0.2, 0) is 4.79 Å². The molecule has 106 valence electrons. The molecule has 1 N–H and O–H groups in total. The summed E-state index contributed by atoms with van der Waals surface area (Å²) >= 11 is 5.75. The van der Waals surface area contributed by atoms with Gasteiger partial charge in [-0.2, -0.15) is 0 Å². The monoisotopic (exact) mass is 291 g/mol. The Balaban J connectivity index is 2.43. The predicted molar refractivity (Wildman–Crippen MR) is 80.9 cm³/mol. The summed E-state index contributed by atoms with van der Waals surface area (Å²) in [6.07, 6.45) is 1.39. The zero-order valence-electron chi connectivity index (χ0n) is 11.7. The molecule has 1 aliphatic carbocycles. The molecule has 0 fully saturated rings. The molecule has 0 bridgehead atoms. The second kappa shape index (κ2) is 6.23. The number of rotatable bonds is 5. The summed E-state index contributed by atoms with van der Waals surface area (Å²) in [5.41, 5.74) is 2.59. The van der Waals surface area contributed by atoms with E-state index in [1.165, 1.54) is 0 Å². The number of fused-ring (bicyclic) bond motifs is 1. The molecule has 1 aromatic carbocycles. The average molecular weight is 292 g/mol. The normalized spacial score (nSPS) is 13.9. The third-order valence-electron chi connectivity index (χ3n) is 3.23. The highest BCUT2D eigenvalue weighted by atomic mass is 35.5. The van der Waals surface area contributed by atoms with Gasteiger partial charge in [0.25, 0.3) is 5.91 Å². The Labute approximate surface area is 124 Å². The van der Waals surface area contributed by atoms with Gasteiger partial charge in [0.1, 0.15) is 0 Å². The number of nitrogens with one attached hydrogen (secondary N) is 1. The Morgan fingerprint density at radius 3 is 2.50 bits per heavy atom. The van der Waals surface area contributed by atoms with Crippen LogP contribution in [0.5, 0.6) is 0 Å². The number of Topliss-reactive ketones (excluding diaryl/α,β-unsaturated/α-hetero) is 1. The smallest absolute Gasteiger partial charge is 0.255 e. The highest BCUT2D eigenvalue weighted by Gasteiger charge is 2.33. The molecule has 3 nitrogen and oxygen atoms in total. The van der Waals surface area contributed by atoms with Crippen molar-refractivity contribution in [3.05, 3.63) is 41.0 Å². The fraction of sp³-hybridized carbons (Fsp3) is 0.375. The van der Waals surface area contributed by atoms with Crippen LogP contribution in [-0.4, -0.2) is 23.6 Å². The highest BCUT2D eigenvalue weighted by Crippen LogP contribution is 2.35. The molecule has 0 radical (unpaired) electrons. The Kier molecular flexibility index (Phi) is 4.61. The van der Waals surface area contributed by atoms with E-state index in [2.05, 4.69) is 5.32 Å². The second-order valence-corrected chi connectivity index (χ2v) is 5.53. The number of carbonyl (C=O) groups is 2. The van der Waals surface area contributed by atoms with Gasteiger partial charge in [-0.25, -0.2) is 0 Å². The lowest BCUT2D eigenvalue weighted by molar-refractivity contribution is -0.117. The van der Waals surface area contributed by atoms with Crippen LogP contribution in [0.15, 0.2) is 29.8 Å². The summed E-state index contributed by atoms with van der Waals surface area (Å²) in [4.78, 5) is 24.7. The Bertz CT molecular complexity index is 576. The van der Waals surface area contributed by atoms with Gasteiger partial charge in [0, 0.05) is 17.5 Å². The maximum atomic E-state index is 12.4. The predicted octanol–water partition coefficient (Wildman–Crippen LogP) is 3.18. The van der Waals surface area contributed by atoms with Crippen LogP contribution in [0, 0.1) is 0 Å². The molecule has 0 spiro atoms. The summed E-state index contributed by atoms with van der Waals surface area (Å²) in [7, 11) is 0. The van der Waals surface area contributed by atoms with Gasteiger partial charge < -0.3 is 5.32 Å². The van der Waals surface area contributed by atoms with Gasteiger partial charge in [0.05, 0.1) is 5.57 Å². The number of ketones is 1. The molecule has 0 saturated heterocycles. The number of allylic oxidation sites excluding steroid dienone is 1. The minimum atomic E-state index is -0.286. The molecule has 4 heteroatoms.